The highest BCUT2D eigenvalue weighted by atomic mass is 79.9. The predicted molar refractivity (Wildman–Crippen MR) is 93.7 cm³/mol. The molecule has 134 valence electrons. The zero-order chi connectivity index (χ0) is 19.2. The Balaban J connectivity index is 2.46. The van der Waals surface area contributed by atoms with Crippen molar-refractivity contribution in [3.05, 3.63) is 63.1 Å². The van der Waals surface area contributed by atoms with E-state index in [1.54, 1.807) is 18.2 Å². The normalized spacial score (nSPS) is 11.8. The van der Waals surface area contributed by atoms with Crippen molar-refractivity contribution in [2.45, 2.75) is 20.0 Å². The molecule has 0 unspecified atom stereocenters. The number of fused-ring (bicyclic) bond motifs is 1. The maximum Gasteiger partial charge on any atom is 0.417 e. The molecule has 0 saturated heterocycles. The van der Waals surface area contributed by atoms with E-state index in [-0.39, 0.29) is 33.5 Å². The molecule has 0 amide bonds. The Bertz CT molecular complexity index is 1050. The van der Waals surface area contributed by atoms with Gasteiger partial charge in [0.1, 0.15) is 0 Å². The van der Waals surface area contributed by atoms with Gasteiger partial charge in [-0.2, -0.15) is 13.2 Å². The number of halogens is 4. The van der Waals surface area contributed by atoms with Gasteiger partial charge < -0.3 is 9.90 Å². The van der Waals surface area contributed by atoms with E-state index < -0.39 is 17.7 Å². The smallest absolute Gasteiger partial charge is 0.417 e. The van der Waals surface area contributed by atoms with Gasteiger partial charge in [-0.25, -0.2) is 4.98 Å². The minimum absolute atomic E-state index is 0.0185. The van der Waals surface area contributed by atoms with Gasteiger partial charge in [-0.15, -0.1) is 0 Å². The zero-order valence-corrected chi connectivity index (χ0v) is 15.3. The monoisotopic (exact) mass is 422 g/mol. The fraction of sp³-hybridized carbons (Fsp3) is 0.158. The highest BCUT2D eigenvalue weighted by Gasteiger charge is 2.36. The molecule has 3 rings (SSSR count). The summed E-state index contributed by atoms with van der Waals surface area (Å²) in [6.45, 7) is 2.80. The number of carboxylic acid groups (broad SMARTS) is 1. The second-order valence-corrected chi connectivity index (χ2v) is 6.82. The summed E-state index contributed by atoms with van der Waals surface area (Å²) in [5, 5.41) is 12.0. The van der Waals surface area contributed by atoms with Gasteiger partial charge in [0.05, 0.1) is 22.7 Å². The molecule has 0 atom stereocenters. The number of carbonyl (C=O) groups excluding carboxylic acids is 1. The number of benzene rings is 2. The average molecular weight is 423 g/mol. The third-order valence-corrected chi connectivity index (χ3v) is 4.70. The van der Waals surface area contributed by atoms with Crippen LogP contribution in [0.2, 0.25) is 0 Å². The van der Waals surface area contributed by atoms with E-state index in [9.17, 15) is 23.1 Å². The zero-order valence-electron chi connectivity index (χ0n) is 13.7. The van der Waals surface area contributed by atoms with Crippen LogP contribution in [0.4, 0.5) is 13.2 Å². The quantitative estimate of drug-likeness (QED) is 0.603. The van der Waals surface area contributed by atoms with Gasteiger partial charge >= 0.3 is 6.18 Å². The molecule has 1 heterocycles. The SMILES string of the molecule is Cc1cccc(-c2nc3ccc(Br)cc3c(C(=O)[O-])c2C)c1C(F)(F)F. The van der Waals surface area contributed by atoms with Gasteiger partial charge in [-0.1, -0.05) is 34.1 Å². The first-order valence-electron chi connectivity index (χ1n) is 7.59. The highest BCUT2D eigenvalue weighted by molar-refractivity contribution is 9.10. The Morgan fingerprint density at radius 2 is 1.85 bits per heavy atom. The van der Waals surface area contributed by atoms with Gasteiger partial charge in [0, 0.05) is 21.0 Å². The molecule has 0 bridgehead atoms. The molecule has 0 aliphatic carbocycles. The molecule has 1 aromatic heterocycles. The van der Waals surface area contributed by atoms with Crippen LogP contribution in [0.25, 0.3) is 22.2 Å². The third-order valence-electron chi connectivity index (χ3n) is 4.21. The van der Waals surface area contributed by atoms with Crippen molar-refractivity contribution in [3.63, 3.8) is 0 Å². The number of aryl methyl sites for hydroxylation is 1. The van der Waals surface area contributed by atoms with E-state index in [4.69, 9.17) is 0 Å². The molecule has 3 nitrogen and oxygen atoms in total. The van der Waals surface area contributed by atoms with Crippen molar-refractivity contribution in [2.75, 3.05) is 0 Å². The first-order valence-corrected chi connectivity index (χ1v) is 8.39. The number of carboxylic acids is 1. The van der Waals surface area contributed by atoms with Crippen LogP contribution in [0, 0.1) is 13.8 Å². The second-order valence-electron chi connectivity index (χ2n) is 5.90. The van der Waals surface area contributed by atoms with Crippen molar-refractivity contribution in [3.8, 4) is 11.3 Å². The van der Waals surface area contributed by atoms with Gasteiger partial charge in [-0.3, -0.25) is 0 Å². The number of hydrogen-bond acceptors (Lipinski definition) is 3. The van der Waals surface area contributed by atoms with Crippen molar-refractivity contribution >= 4 is 32.8 Å². The lowest BCUT2D eigenvalue weighted by Gasteiger charge is -2.19. The number of rotatable bonds is 2. The highest BCUT2D eigenvalue weighted by Crippen LogP contribution is 2.41. The molecule has 0 saturated carbocycles. The molecule has 0 aliphatic heterocycles. The first-order chi connectivity index (χ1) is 12.1. The Morgan fingerprint density at radius 1 is 1.15 bits per heavy atom. The van der Waals surface area contributed by atoms with E-state index in [0.717, 1.165) is 0 Å². The Labute approximate surface area is 155 Å². The summed E-state index contributed by atoms with van der Waals surface area (Å²) in [7, 11) is 0. The molecule has 0 fully saturated rings. The largest absolute Gasteiger partial charge is 0.545 e. The molecule has 0 radical (unpaired) electrons. The van der Waals surface area contributed by atoms with E-state index in [1.807, 2.05) is 0 Å². The molecule has 3 aromatic rings. The standard InChI is InChI=1S/C19H13BrF3NO2/c1-9-4-3-5-12(16(9)19(21,22)23)17-10(2)15(18(25)26)13-8-11(20)6-7-14(13)24-17/h3-8H,1-2H3,(H,25,26)/p-1. The van der Waals surface area contributed by atoms with Crippen LogP contribution in [0.5, 0.6) is 0 Å². The lowest BCUT2D eigenvalue weighted by atomic mass is 9.93. The molecule has 0 N–H and O–H groups in total. The summed E-state index contributed by atoms with van der Waals surface area (Å²) in [6, 6.07) is 8.91. The third kappa shape index (κ3) is 3.07. The Morgan fingerprint density at radius 3 is 2.46 bits per heavy atom. The van der Waals surface area contributed by atoms with Crippen LogP contribution in [0.15, 0.2) is 40.9 Å². The summed E-state index contributed by atoms with van der Waals surface area (Å²) < 4.78 is 41.4. The molecule has 2 aromatic carbocycles. The van der Waals surface area contributed by atoms with Crippen molar-refractivity contribution in [1.82, 2.24) is 4.98 Å². The van der Waals surface area contributed by atoms with E-state index in [0.29, 0.717) is 9.86 Å². The minimum atomic E-state index is -4.59. The summed E-state index contributed by atoms with van der Waals surface area (Å²) in [5.41, 5.74) is -0.703. The molecule has 0 aliphatic rings. The average Bonchev–Trinajstić information content (AvgIpc) is 2.52. The van der Waals surface area contributed by atoms with Crippen molar-refractivity contribution in [2.24, 2.45) is 0 Å². The maximum absolute atomic E-state index is 13.6. The molecular formula is C19H12BrF3NO2-. The lowest BCUT2D eigenvalue weighted by Crippen LogP contribution is -2.24. The van der Waals surface area contributed by atoms with Gasteiger partial charge in [-0.05, 0) is 43.2 Å². The number of aromatic nitrogens is 1. The minimum Gasteiger partial charge on any atom is -0.545 e. The van der Waals surface area contributed by atoms with Gasteiger partial charge in [0.2, 0.25) is 0 Å². The van der Waals surface area contributed by atoms with Gasteiger partial charge in [0.25, 0.3) is 0 Å². The summed E-state index contributed by atoms with van der Waals surface area (Å²) >= 11 is 3.26. The number of pyridine rings is 1. The lowest BCUT2D eigenvalue weighted by molar-refractivity contribution is -0.254. The number of alkyl halides is 3. The molecule has 7 heteroatoms. The Kier molecular flexibility index (Phi) is 4.52. The Hall–Kier alpha value is -2.41. The second kappa shape index (κ2) is 6.39. The number of aromatic carboxylic acids is 1. The number of hydrogen-bond donors (Lipinski definition) is 0. The predicted octanol–water partition coefficient (Wildman–Crippen LogP) is 4.66. The first kappa shape index (κ1) is 18.4. The van der Waals surface area contributed by atoms with Crippen molar-refractivity contribution < 1.29 is 23.1 Å². The van der Waals surface area contributed by atoms with E-state index in [1.165, 1.54) is 32.0 Å². The van der Waals surface area contributed by atoms with Crippen LogP contribution in [0.3, 0.4) is 0 Å². The van der Waals surface area contributed by atoms with Crippen LogP contribution >= 0.6 is 15.9 Å². The van der Waals surface area contributed by atoms with E-state index >= 15 is 0 Å². The van der Waals surface area contributed by atoms with Crippen LogP contribution in [0.1, 0.15) is 27.0 Å². The fourth-order valence-electron chi connectivity index (χ4n) is 3.10. The van der Waals surface area contributed by atoms with Crippen LogP contribution in [-0.2, 0) is 6.18 Å². The number of nitrogens with zero attached hydrogens (tertiary/aromatic N) is 1. The summed E-state index contributed by atoms with van der Waals surface area (Å²) in [5.74, 6) is -1.46. The molecular weight excluding hydrogens is 411 g/mol. The van der Waals surface area contributed by atoms with Crippen LogP contribution < -0.4 is 5.11 Å². The molecule has 26 heavy (non-hydrogen) atoms. The summed E-state index contributed by atoms with van der Waals surface area (Å²) in [6.07, 6.45) is -4.59. The summed E-state index contributed by atoms with van der Waals surface area (Å²) in [4.78, 5) is 16.0. The topological polar surface area (TPSA) is 53.0 Å². The van der Waals surface area contributed by atoms with Crippen molar-refractivity contribution in [1.29, 1.82) is 0 Å². The van der Waals surface area contributed by atoms with E-state index in [2.05, 4.69) is 20.9 Å². The fourth-order valence-corrected chi connectivity index (χ4v) is 3.46. The molecule has 0 spiro atoms. The van der Waals surface area contributed by atoms with Gasteiger partial charge in [0.15, 0.2) is 0 Å². The number of carbonyl (C=O) groups is 1. The van der Waals surface area contributed by atoms with Crippen LogP contribution in [-0.4, -0.2) is 11.0 Å². The maximum atomic E-state index is 13.6.